The van der Waals surface area contributed by atoms with E-state index in [0.717, 1.165) is 0 Å². The highest BCUT2D eigenvalue weighted by Gasteiger charge is 2.28. The zero-order valence-electron chi connectivity index (χ0n) is 8.74. The van der Waals surface area contributed by atoms with E-state index in [-0.39, 0.29) is 4.90 Å². The third-order valence-corrected chi connectivity index (χ3v) is 3.81. The number of hydrogen-bond acceptors (Lipinski definition) is 3. The van der Waals surface area contributed by atoms with E-state index in [1.165, 1.54) is 0 Å². The minimum absolute atomic E-state index is 0.245. The van der Waals surface area contributed by atoms with Gasteiger partial charge in [0.2, 0.25) is 0 Å². The molecule has 3 rings (SSSR count). The van der Waals surface area contributed by atoms with E-state index in [1.807, 2.05) is 12.1 Å². The van der Waals surface area contributed by atoms with Gasteiger partial charge in [-0.3, -0.25) is 10.1 Å². The van der Waals surface area contributed by atoms with Gasteiger partial charge in [0.15, 0.2) is 5.84 Å². The van der Waals surface area contributed by atoms with Gasteiger partial charge < -0.3 is 0 Å². The normalized spacial score (nSPS) is 16.4. The molecule has 1 N–H and O–H groups in total. The van der Waals surface area contributed by atoms with Gasteiger partial charge in [0, 0.05) is 18.0 Å². The molecule has 0 amide bonds. The number of benzene rings is 1. The summed E-state index contributed by atoms with van der Waals surface area (Å²) in [6, 6.07) is 10.4. The first-order chi connectivity index (χ1) is 8.17. The van der Waals surface area contributed by atoms with Crippen LogP contribution in [0.2, 0.25) is 0 Å². The fraction of sp³-hybridized carbons (Fsp3) is 0. The summed E-state index contributed by atoms with van der Waals surface area (Å²) in [6.45, 7) is 0. The lowest BCUT2D eigenvalue weighted by molar-refractivity contribution is 0.599. The van der Waals surface area contributed by atoms with Gasteiger partial charge in [-0.1, -0.05) is 12.1 Å². The van der Waals surface area contributed by atoms with Crippen molar-refractivity contribution in [2.45, 2.75) is 4.90 Å². The van der Waals surface area contributed by atoms with Crippen LogP contribution in [0.1, 0.15) is 5.56 Å². The Hall–Kier alpha value is -2.08. The minimum atomic E-state index is -3.55. The number of sulfonamides is 1. The second kappa shape index (κ2) is 3.46. The Kier molecular flexibility index (Phi) is 2.05. The zero-order chi connectivity index (χ0) is 11.9. The van der Waals surface area contributed by atoms with E-state index in [9.17, 15) is 8.42 Å². The highest BCUT2D eigenvalue weighted by atomic mass is 32.2. The third kappa shape index (κ3) is 1.62. The van der Waals surface area contributed by atoms with Crippen LogP contribution in [0, 0.1) is 0 Å². The molecule has 0 spiro atoms. The van der Waals surface area contributed by atoms with E-state index >= 15 is 0 Å². The van der Waals surface area contributed by atoms with E-state index in [4.69, 9.17) is 0 Å². The molecule has 1 aliphatic rings. The fourth-order valence-corrected chi connectivity index (χ4v) is 2.89. The van der Waals surface area contributed by atoms with Crippen LogP contribution in [0.4, 0.5) is 0 Å². The lowest BCUT2D eigenvalue weighted by atomic mass is 10.2. The highest BCUT2D eigenvalue weighted by Crippen LogP contribution is 2.25. The molecule has 1 aliphatic heterocycles. The van der Waals surface area contributed by atoms with Crippen LogP contribution in [-0.2, 0) is 10.0 Å². The van der Waals surface area contributed by atoms with E-state index in [2.05, 4.69) is 9.82 Å². The van der Waals surface area contributed by atoms with Crippen LogP contribution in [0.5, 0.6) is 0 Å². The number of rotatable bonds is 1. The van der Waals surface area contributed by atoms with Gasteiger partial charge in [0.1, 0.15) is 4.90 Å². The second-order valence-electron chi connectivity index (χ2n) is 3.61. The first kappa shape index (κ1) is 10.1. The van der Waals surface area contributed by atoms with Gasteiger partial charge in [0.25, 0.3) is 10.0 Å². The summed E-state index contributed by atoms with van der Waals surface area (Å²) in [5.41, 5.74) is 3.52. The number of fused-ring (bicyclic) bond motifs is 1. The van der Waals surface area contributed by atoms with Crippen LogP contribution in [0.3, 0.4) is 0 Å². The van der Waals surface area contributed by atoms with Gasteiger partial charge in [-0.25, -0.2) is 0 Å². The van der Waals surface area contributed by atoms with Crippen LogP contribution < -0.4 is 5.43 Å². The second-order valence-corrected chi connectivity index (χ2v) is 5.19. The van der Waals surface area contributed by atoms with Crippen molar-refractivity contribution in [3.05, 3.63) is 54.4 Å². The molecule has 0 radical (unpaired) electrons. The van der Waals surface area contributed by atoms with Crippen LogP contribution in [0.25, 0.3) is 0 Å². The van der Waals surface area contributed by atoms with Crippen molar-refractivity contribution < 1.29 is 8.42 Å². The van der Waals surface area contributed by atoms with Gasteiger partial charge >= 0.3 is 0 Å². The van der Waals surface area contributed by atoms with Crippen molar-refractivity contribution in [1.29, 1.82) is 0 Å². The topological polar surface area (TPSA) is 63.5 Å². The molecule has 0 saturated carbocycles. The molecule has 5 nitrogen and oxygen atoms in total. The van der Waals surface area contributed by atoms with Crippen molar-refractivity contribution in [3.63, 3.8) is 0 Å². The smallest absolute Gasteiger partial charge is 0.277 e. The summed E-state index contributed by atoms with van der Waals surface area (Å²) in [4.78, 5) is 0.245. The number of nitrogens with one attached hydrogen (secondary N) is 1. The summed E-state index contributed by atoms with van der Waals surface area (Å²) in [6.07, 6.45) is 3.55. The molecule has 0 aliphatic carbocycles. The van der Waals surface area contributed by atoms with Gasteiger partial charge in [0.05, 0.1) is 0 Å². The Labute approximate surface area is 98.4 Å². The maximum Gasteiger partial charge on any atom is 0.285 e. The van der Waals surface area contributed by atoms with Gasteiger partial charge in [-0.2, -0.15) is 8.42 Å². The standard InChI is InChI=1S/C11H9N3O2S/c15-17(16)10-6-2-1-5-9(10)11(13-17)12-14-7-3-4-8-14/h1-8H,(H,12,13). The molecular weight excluding hydrogens is 238 g/mol. The summed E-state index contributed by atoms with van der Waals surface area (Å²) in [5.74, 6) is 0.344. The largest absolute Gasteiger partial charge is 0.285 e. The number of nitrogens with zero attached hydrogens (tertiary/aromatic N) is 2. The maximum absolute atomic E-state index is 11.8. The Morgan fingerprint density at radius 3 is 2.53 bits per heavy atom. The predicted molar refractivity (Wildman–Crippen MR) is 64.0 cm³/mol. The number of amidine groups is 1. The van der Waals surface area contributed by atoms with Crippen molar-refractivity contribution in [3.8, 4) is 0 Å². The van der Waals surface area contributed by atoms with E-state index in [1.54, 1.807) is 41.3 Å². The molecule has 1 aromatic heterocycles. The lowest BCUT2D eigenvalue weighted by Crippen LogP contribution is -2.20. The zero-order valence-corrected chi connectivity index (χ0v) is 9.55. The SMILES string of the molecule is O=S1(=O)N=C(Nn2cccc2)c2ccccc21. The molecule has 0 atom stereocenters. The van der Waals surface area contributed by atoms with Crippen LogP contribution in [-0.4, -0.2) is 18.9 Å². The molecule has 86 valence electrons. The minimum Gasteiger partial charge on any atom is -0.277 e. The summed E-state index contributed by atoms with van der Waals surface area (Å²) in [7, 11) is -3.55. The number of hydrogen-bond donors (Lipinski definition) is 1. The van der Waals surface area contributed by atoms with Crippen molar-refractivity contribution in [1.82, 2.24) is 4.68 Å². The van der Waals surface area contributed by atoms with Crippen molar-refractivity contribution >= 4 is 15.9 Å². The molecule has 0 fully saturated rings. The van der Waals surface area contributed by atoms with Crippen LogP contribution in [0.15, 0.2) is 58.1 Å². The van der Waals surface area contributed by atoms with Crippen molar-refractivity contribution in [2.75, 3.05) is 5.43 Å². The van der Waals surface area contributed by atoms with Crippen molar-refractivity contribution in [2.24, 2.45) is 4.40 Å². The molecule has 6 heteroatoms. The first-order valence-corrected chi connectivity index (χ1v) is 6.45. The predicted octanol–water partition coefficient (Wildman–Crippen LogP) is 1.18. The average molecular weight is 247 g/mol. The summed E-state index contributed by atoms with van der Waals surface area (Å²) < 4.78 is 28.9. The van der Waals surface area contributed by atoms with E-state index in [0.29, 0.717) is 11.4 Å². The fourth-order valence-electron chi connectivity index (χ4n) is 1.72. The van der Waals surface area contributed by atoms with Gasteiger partial charge in [-0.05, 0) is 24.3 Å². The summed E-state index contributed by atoms with van der Waals surface area (Å²) in [5, 5.41) is 0. The molecule has 0 bridgehead atoms. The van der Waals surface area contributed by atoms with Gasteiger partial charge in [-0.15, -0.1) is 4.40 Å². The Balaban J connectivity index is 2.08. The Morgan fingerprint density at radius 1 is 1.06 bits per heavy atom. The lowest BCUT2D eigenvalue weighted by Gasteiger charge is -2.06. The first-order valence-electron chi connectivity index (χ1n) is 5.01. The molecule has 17 heavy (non-hydrogen) atoms. The van der Waals surface area contributed by atoms with E-state index < -0.39 is 10.0 Å². The highest BCUT2D eigenvalue weighted by molar-refractivity contribution is 7.90. The molecule has 0 unspecified atom stereocenters. The molecule has 0 saturated heterocycles. The monoisotopic (exact) mass is 247 g/mol. The maximum atomic E-state index is 11.8. The molecule has 2 aromatic rings. The Morgan fingerprint density at radius 2 is 1.76 bits per heavy atom. The quantitative estimate of drug-likeness (QED) is 0.823. The molecule has 2 heterocycles. The average Bonchev–Trinajstić information content (AvgIpc) is 2.88. The Bertz CT molecular complexity index is 687. The molecule has 1 aromatic carbocycles. The van der Waals surface area contributed by atoms with Crippen LogP contribution >= 0.6 is 0 Å². The molecular formula is C11H9N3O2S. The third-order valence-electron chi connectivity index (χ3n) is 2.47. The summed E-state index contributed by atoms with van der Waals surface area (Å²) >= 11 is 0. The number of aromatic nitrogens is 1.